The summed E-state index contributed by atoms with van der Waals surface area (Å²) < 4.78 is 29.2. The summed E-state index contributed by atoms with van der Waals surface area (Å²) >= 11 is 0. The molecule has 1 saturated heterocycles. The standard InChI is InChI=1S/C18H25N3O5S/c1-3-26-17(22)9-6-14-4-7-15(8-5-14)19-18(23)20-16-10-12-21(13-11-16)27(2,24)25/h4-9,16H,3,10-13H2,1-2H3,(H2,19,20,23)/b9-6+. The van der Waals surface area contributed by atoms with Gasteiger partial charge in [-0.3, -0.25) is 0 Å². The van der Waals surface area contributed by atoms with Crippen LogP contribution in [0, 0.1) is 0 Å². The highest BCUT2D eigenvalue weighted by Crippen LogP contribution is 2.14. The minimum Gasteiger partial charge on any atom is -0.463 e. The number of rotatable bonds is 6. The van der Waals surface area contributed by atoms with Gasteiger partial charge in [0, 0.05) is 30.9 Å². The second kappa shape index (κ2) is 9.52. The number of nitrogens with one attached hydrogen (secondary N) is 2. The number of nitrogens with zero attached hydrogens (tertiary/aromatic N) is 1. The van der Waals surface area contributed by atoms with Gasteiger partial charge in [-0.15, -0.1) is 0 Å². The van der Waals surface area contributed by atoms with E-state index in [0.717, 1.165) is 5.56 Å². The summed E-state index contributed by atoms with van der Waals surface area (Å²) in [5.41, 5.74) is 1.43. The van der Waals surface area contributed by atoms with Crippen LogP contribution in [0.15, 0.2) is 30.3 Å². The number of carbonyl (C=O) groups excluding carboxylic acids is 2. The lowest BCUT2D eigenvalue weighted by molar-refractivity contribution is -0.137. The molecule has 0 spiro atoms. The number of sulfonamides is 1. The van der Waals surface area contributed by atoms with Crippen molar-refractivity contribution in [3.8, 4) is 0 Å². The van der Waals surface area contributed by atoms with Crippen LogP contribution in [0.4, 0.5) is 10.5 Å². The molecule has 2 rings (SSSR count). The summed E-state index contributed by atoms with van der Waals surface area (Å²) in [5.74, 6) is -0.402. The first-order valence-corrected chi connectivity index (χ1v) is 10.6. The van der Waals surface area contributed by atoms with Gasteiger partial charge in [-0.25, -0.2) is 22.3 Å². The fourth-order valence-corrected chi connectivity index (χ4v) is 3.59. The van der Waals surface area contributed by atoms with Crippen molar-refractivity contribution in [1.29, 1.82) is 0 Å². The van der Waals surface area contributed by atoms with E-state index in [1.165, 1.54) is 16.6 Å². The van der Waals surface area contributed by atoms with Gasteiger partial charge in [0.15, 0.2) is 0 Å². The van der Waals surface area contributed by atoms with Crippen molar-refractivity contribution in [2.75, 3.05) is 31.3 Å². The molecule has 8 nitrogen and oxygen atoms in total. The van der Waals surface area contributed by atoms with Crippen LogP contribution < -0.4 is 10.6 Å². The fraction of sp³-hybridized carbons (Fsp3) is 0.444. The van der Waals surface area contributed by atoms with Crippen LogP contribution in [0.25, 0.3) is 6.08 Å². The van der Waals surface area contributed by atoms with E-state index < -0.39 is 16.0 Å². The quantitative estimate of drug-likeness (QED) is 0.565. The minimum absolute atomic E-state index is 0.0604. The Bertz CT molecular complexity index is 782. The van der Waals surface area contributed by atoms with E-state index >= 15 is 0 Å². The van der Waals surface area contributed by atoms with Gasteiger partial charge in [-0.2, -0.15) is 0 Å². The monoisotopic (exact) mass is 395 g/mol. The number of anilines is 1. The Morgan fingerprint density at radius 3 is 2.41 bits per heavy atom. The van der Waals surface area contributed by atoms with Gasteiger partial charge in [0.2, 0.25) is 10.0 Å². The molecule has 0 bridgehead atoms. The highest BCUT2D eigenvalue weighted by molar-refractivity contribution is 7.88. The van der Waals surface area contributed by atoms with Crippen molar-refractivity contribution in [2.24, 2.45) is 0 Å². The molecule has 1 aliphatic heterocycles. The average Bonchev–Trinajstić information content (AvgIpc) is 2.61. The third-order valence-corrected chi connectivity index (χ3v) is 5.43. The number of hydrogen-bond donors (Lipinski definition) is 2. The molecule has 0 aromatic heterocycles. The van der Waals surface area contributed by atoms with Gasteiger partial charge in [-0.1, -0.05) is 12.1 Å². The molecule has 1 heterocycles. The highest BCUT2D eigenvalue weighted by Gasteiger charge is 2.25. The minimum atomic E-state index is -3.17. The first-order valence-electron chi connectivity index (χ1n) is 8.75. The molecule has 1 aromatic rings. The Kier molecular flexibility index (Phi) is 7.37. The van der Waals surface area contributed by atoms with Crippen LogP contribution in [-0.4, -0.2) is 56.7 Å². The van der Waals surface area contributed by atoms with E-state index in [-0.39, 0.29) is 12.1 Å². The van der Waals surface area contributed by atoms with Crippen LogP contribution >= 0.6 is 0 Å². The number of hydrogen-bond acceptors (Lipinski definition) is 5. The molecular formula is C18H25N3O5S. The molecule has 148 valence electrons. The highest BCUT2D eigenvalue weighted by atomic mass is 32.2. The molecular weight excluding hydrogens is 370 g/mol. The Labute approximate surface area is 159 Å². The summed E-state index contributed by atoms with van der Waals surface area (Å²) in [6.07, 6.45) is 5.34. The van der Waals surface area contributed by atoms with Crippen molar-refractivity contribution in [1.82, 2.24) is 9.62 Å². The smallest absolute Gasteiger partial charge is 0.330 e. The van der Waals surface area contributed by atoms with E-state index in [1.54, 1.807) is 37.3 Å². The summed E-state index contributed by atoms with van der Waals surface area (Å²) in [6, 6.07) is 6.62. The number of urea groups is 1. The van der Waals surface area contributed by atoms with Crippen LogP contribution in [0.3, 0.4) is 0 Å². The molecule has 1 fully saturated rings. The number of amides is 2. The van der Waals surface area contributed by atoms with Crippen molar-refractivity contribution in [3.05, 3.63) is 35.9 Å². The molecule has 1 aromatic carbocycles. The van der Waals surface area contributed by atoms with Gasteiger partial charge in [-0.05, 0) is 43.5 Å². The topological polar surface area (TPSA) is 105 Å². The van der Waals surface area contributed by atoms with Crippen LogP contribution in [0.2, 0.25) is 0 Å². The number of ether oxygens (including phenoxy) is 1. The summed E-state index contributed by atoms with van der Waals surface area (Å²) in [4.78, 5) is 23.4. The van der Waals surface area contributed by atoms with Crippen LogP contribution in [0.5, 0.6) is 0 Å². The predicted molar refractivity (Wildman–Crippen MR) is 104 cm³/mol. The molecule has 0 aliphatic carbocycles. The third-order valence-electron chi connectivity index (χ3n) is 4.13. The fourth-order valence-electron chi connectivity index (χ4n) is 2.72. The Morgan fingerprint density at radius 1 is 1.22 bits per heavy atom. The molecule has 0 saturated carbocycles. The van der Waals surface area contributed by atoms with E-state index in [0.29, 0.717) is 38.2 Å². The van der Waals surface area contributed by atoms with E-state index in [1.807, 2.05) is 0 Å². The first-order chi connectivity index (χ1) is 12.8. The molecule has 0 radical (unpaired) electrons. The van der Waals surface area contributed by atoms with Crippen LogP contribution in [-0.2, 0) is 19.6 Å². The molecule has 2 N–H and O–H groups in total. The average molecular weight is 395 g/mol. The van der Waals surface area contributed by atoms with Gasteiger partial charge in [0.25, 0.3) is 0 Å². The lowest BCUT2D eigenvalue weighted by atomic mass is 10.1. The van der Waals surface area contributed by atoms with Crippen LogP contribution in [0.1, 0.15) is 25.3 Å². The van der Waals surface area contributed by atoms with Crippen molar-refractivity contribution < 1.29 is 22.7 Å². The predicted octanol–water partition coefficient (Wildman–Crippen LogP) is 1.81. The number of benzene rings is 1. The number of piperidine rings is 1. The summed E-state index contributed by atoms with van der Waals surface area (Å²) in [7, 11) is -3.17. The Hall–Kier alpha value is -2.39. The number of esters is 1. The maximum absolute atomic E-state index is 12.1. The molecule has 27 heavy (non-hydrogen) atoms. The maximum Gasteiger partial charge on any atom is 0.330 e. The zero-order chi connectivity index (χ0) is 19.9. The van der Waals surface area contributed by atoms with Gasteiger partial charge in [0.1, 0.15) is 0 Å². The maximum atomic E-state index is 12.1. The zero-order valence-electron chi connectivity index (χ0n) is 15.5. The Morgan fingerprint density at radius 2 is 1.85 bits per heavy atom. The first kappa shape index (κ1) is 20.9. The van der Waals surface area contributed by atoms with Gasteiger partial charge >= 0.3 is 12.0 Å². The van der Waals surface area contributed by atoms with Crippen molar-refractivity contribution in [2.45, 2.75) is 25.8 Å². The third kappa shape index (κ3) is 7.03. The van der Waals surface area contributed by atoms with E-state index in [4.69, 9.17) is 4.74 Å². The van der Waals surface area contributed by atoms with Crippen molar-refractivity contribution >= 4 is 33.8 Å². The lowest BCUT2D eigenvalue weighted by Crippen LogP contribution is -2.47. The molecule has 0 atom stereocenters. The van der Waals surface area contributed by atoms with E-state index in [2.05, 4.69) is 10.6 Å². The second-order valence-electron chi connectivity index (χ2n) is 6.24. The Balaban J connectivity index is 1.80. The lowest BCUT2D eigenvalue weighted by Gasteiger charge is -2.30. The molecule has 2 amide bonds. The largest absolute Gasteiger partial charge is 0.463 e. The number of carbonyl (C=O) groups is 2. The summed E-state index contributed by atoms with van der Waals surface area (Å²) in [5, 5.41) is 5.61. The SMILES string of the molecule is CCOC(=O)/C=C/c1ccc(NC(=O)NC2CCN(S(C)(=O)=O)CC2)cc1. The molecule has 0 unspecified atom stereocenters. The normalized spacial score (nSPS) is 16.2. The molecule has 1 aliphatic rings. The van der Waals surface area contributed by atoms with Gasteiger partial charge < -0.3 is 15.4 Å². The zero-order valence-corrected chi connectivity index (χ0v) is 16.3. The van der Waals surface area contributed by atoms with Crippen molar-refractivity contribution in [3.63, 3.8) is 0 Å². The van der Waals surface area contributed by atoms with Gasteiger partial charge in [0.05, 0.1) is 12.9 Å². The molecule has 9 heteroatoms. The summed E-state index contributed by atoms with van der Waals surface area (Å²) in [6.45, 7) is 2.89. The van der Waals surface area contributed by atoms with E-state index in [9.17, 15) is 18.0 Å². The second-order valence-corrected chi connectivity index (χ2v) is 8.22.